The minimum atomic E-state index is -0.292. The molecule has 0 radical (unpaired) electrons. The summed E-state index contributed by atoms with van der Waals surface area (Å²) >= 11 is 0. The molecule has 6 aromatic rings. The number of aromatic amines is 1. The van der Waals surface area contributed by atoms with Crippen molar-refractivity contribution in [2.24, 2.45) is 0 Å². The summed E-state index contributed by atoms with van der Waals surface area (Å²) in [6, 6.07) is 23.5. The van der Waals surface area contributed by atoms with Gasteiger partial charge in [-0.25, -0.2) is 14.4 Å². The molecule has 0 unspecified atom stereocenters. The quantitative estimate of drug-likeness (QED) is 0.288. The summed E-state index contributed by atoms with van der Waals surface area (Å²) in [5.41, 5.74) is 8.65. The number of imidazole rings is 1. The highest BCUT2D eigenvalue weighted by Crippen LogP contribution is 2.35. The van der Waals surface area contributed by atoms with Crippen LogP contribution in [0.15, 0.2) is 72.8 Å². The lowest BCUT2D eigenvalue weighted by Gasteiger charge is -2.13. The third-order valence-corrected chi connectivity index (χ3v) is 6.82. The van der Waals surface area contributed by atoms with E-state index in [4.69, 9.17) is 9.97 Å². The molecular weight excluding hydrogens is 477 g/mol. The molecule has 0 atom stereocenters. The van der Waals surface area contributed by atoms with Gasteiger partial charge in [0, 0.05) is 23.2 Å². The van der Waals surface area contributed by atoms with Gasteiger partial charge in [-0.2, -0.15) is 5.21 Å². The summed E-state index contributed by atoms with van der Waals surface area (Å²) in [5, 5.41) is 14.6. The zero-order valence-corrected chi connectivity index (χ0v) is 21.4. The number of fused-ring (bicyclic) bond motifs is 1. The van der Waals surface area contributed by atoms with Gasteiger partial charge in [-0.05, 0) is 71.1 Å². The Morgan fingerprint density at radius 3 is 2.39 bits per heavy atom. The molecule has 8 heteroatoms. The first kappa shape index (κ1) is 23.7. The van der Waals surface area contributed by atoms with E-state index >= 15 is 4.39 Å². The molecule has 0 fully saturated rings. The fourth-order valence-corrected chi connectivity index (χ4v) is 4.96. The van der Waals surface area contributed by atoms with Gasteiger partial charge in [0.25, 0.3) is 0 Å². The number of halogens is 1. The lowest BCUT2D eigenvalue weighted by Crippen LogP contribution is -2.07. The highest BCUT2D eigenvalue weighted by molar-refractivity contribution is 5.85. The Bertz CT molecular complexity index is 1760. The standard InChI is InChI=1S/C30H26FN7/c1-4-27-33-28-18(2)14-19(3)32-30(28)38(27)17-23-11-10-22(16-26(23)31)25-15-21(20-8-6-5-7-9-20)12-13-24(25)29-34-36-37-35-29/h5-16H,4,17H2,1-3H3,(H,34,35,36,37). The summed E-state index contributed by atoms with van der Waals surface area (Å²) in [6.45, 7) is 6.41. The van der Waals surface area contributed by atoms with E-state index in [0.717, 1.165) is 62.5 Å². The van der Waals surface area contributed by atoms with E-state index in [0.29, 0.717) is 17.9 Å². The molecule has 0 spiro atoms. The molecule has 0 saturated heterocycles. The first-order valence-corrected chi connectivity index (χ1v) is 12.6. The Balaban J connectivity index is 1.43. The number of rotatable bonds is 6. The molecule has 0 bridgehead atoms. The highest BCUT2D eigenvalue weighted by atomic mass is 19.1. The lowest BCUT2D eigenvalue weighted by atomic mass is 9.93. The molecule has 3 aromatic heterocycles. The van der Waals surface area contributed by atoms with E-state index < -0.39 is 0 Å². The summed E-state index contributed by atoms with van der Waals surface area (Å²) in [4.78, 5) is 9.53. The molecule has 0 aliphatic rings. The maximum absolute atomic E-state index is 15.7. The van der Waals surface area contributed by atoms with Crippen molar-refractivity contribution in [1.82, 2.24) is 35.2 Å². The van der Waals surface area contributed by atoms with Crippen molar-refractivity contribution in [3.8, 4) is 33.6 Å². The lowest BCUT2D eigenvalue weighted by molar-refractivity contribution is 0.597. The number of aryl methyl sites for hydroxylation is 3. The monoisotopic (exact) mass is 503 g/mol. The fourth-order valence-electron chi connectivity index (χ4n) is 4.96. The molecule has 38 heavy (non-hydrogen) atoms. The number of hydrogen-bond donors (Lipinski definition) is 1. The van der Waals surface area contributed by atoms with Crippen molar-refractivity contribution in [1.29, 1.82) is 0 Å². The molecule has 0 aliphatic heterocycles. The van der Waals surface area contributed by atoms with Crippen LogP contribution in [0.3, 0.4) is 0 Å². The average molecular weight is 504 g/mol. The zero-order chi connectivity index (χ0) is 26.2. The van der Waals surface area contributed by atoms with E-state index in [-0.39, 0.29) is 5.82 Å². The van der Waals surface area contributed by atoms with Crippen LogP contribution in [0.5, 0.6) is 0 Å². The largest absolute Gasteiger partial charge is 0.308 e. The molecular formula is C30H26FN7. The van der Waals surface area contributed by atoms with E-state index in [9.17, 15) is 0 Å². The second-order valence-electron chi connectivity index (χ2n) is 9.39. The third-order valence-electron chi connectivity index (χ3n) is 6.82. The van der Waals surface area contributed by atoms with Gasteiger partial charge in [-0.15, -0.1) is 10.2 Å². The van der Waals surface area contributed by atoms with Crippen molar-refractivity contribution >= 4 is 11.2 Å². The minimum Gasteiger partial charge on any atom is -0.308 e. The summed E-state index contributed by atoms with van der Waals surface area (Å²) in [7, 11) is 0. The Labute approximate surface area is 219 Å². The van der Waals surface area contributed by atoms with Crippen LogP contribution in [0.25, 0.3) is 44.8 Å². The first-order chi connectivity index (χ1) is 18.5. The number of nitrogens with one attached hydrogen (secondary N) is 1. The molecule has 7 nitrogen and oxygen atoms in total. The van der Waals surface area contributed by atoms with Gasteiger partial charge in [-0.1, -0.05) is 55.5 Å². The molecule has 1 N–H and O–H groups in total. The van der Waals surface area contributed by atoms with Crippen LogP contribution in [0.2, 0.25) is 0 Å². The third kappa shape index (κ3) is 4.24. The number of nitrogens with zero attached hydrogens (tertiary/aromatic N) is 6. The van der Waals surface area contributed by atoms with Gasteiger partial charge in [0.1, 0.15) is 17.2 Å². The number of tetrazole rings is 1. The number of hydrogen-bond acceptors (Lipinski definition) is 5. The Morgan fingerprint density at radius 2 is 1.66 bits per heavy atom. The Morgan fingerprint density at radius 1 is 0.842 bits per heavy atom. The normalized spacial score (nSPS) is 11.4. The van der Waals surface area contributed by atoms with Gasteiger partial charge in [-0.3, -0.25) is 0 Å². The fraction of sp³-hybridized carbons (Fsp3) is 0.167. The maximum Gasteiger partial charge on any atom is 0.205 e. The van der Waals surface area contributed by atoms with E-state index in [1.807, 2.05) is 73.0 Å². The van der Waals surface area contributed by atoms with Crippen LogP contribution in [0.4, 0.5) is 4.39 Å². The highest BCUT2D eigenvalue weighted by Gasteiger charge is 2.18. The van der Waals surface area contributed by atoms with E-state index in [2.05, 4.69) is 39.7 Å². The van der Waals surface area contributed by atoms with Crippen LogP contribution >= 0.6 is 0 Å². The summed E-state index contributed by atoms with van der Waals surface area (Å²) in [5.74, 6) is 1.05. The summed E-state index contributed by atoms with van der Waals surface area (Å²) in [6.07, 6.45) is 0.731. The SMILES string of the molecule is CCc1nc2c(C)cc(C)nc2n1Cc1ccc(-c2cc(-c3ccccc3)ccc2-c2nn[nH]n2)cc1F. The summed E-state index contributed by atoms with van der Waals surface area (Å²) < 4.78 is 17.7. The molecule has 3 aromatic carbocycles. The van der Waals surface area contributed by atoms with Gasteiger partial charge in [0.15, 0.2) is 5.65 Å². The van der Waals surface area contributed by atoms with Crippen molar-refractivity contribution in [2.75, 3.05) is 0 Å². The van der Waals surface area contributed by atoms with Gasteiger partial charge < -0.3 is 4.57 Å². The molecule has 3 heterocycles. The second-order valence-corrected chi connectivity index (χ2v) is 9.39. The van der Waals surface area contributed by atoms with Crippen LogP contribution < -0.4 is 0 Å². The number of pyridine rings is 1. The van der Waals surface area contributed by atoms with Crippen LogP contribution in [0.1, 0.15) is 29.6 Å². The smallest absolute Gasteiger partial charge is 0.205 e. The van der Waals surface area contributed by atoms with Crippen molar-refractivity contribution < 1.29 is 4.39 Å². The van der Waals surface area contributed by atoms with Crippen LogP contribution in [-0.2, 0) is 13.0 Å². The van der Waals surface area contributed by atoms with Crippen molar-refractivity contribution in [2.45, 2.75) is 33.7 Å². The van der Waals surface area contributed by atoms with Crippen molar-refractivity contribution in [3.63, 3.8) is 0 Å². The Kier molecular flexibility index (Phi) is 5.99. The van der Waals surface area contributed by atoms with Crippen molar-refractivity contribution in [3.05, 3.63) is 101 Å². The predicted octanol–water partition coefficient (Wildman–Crippen LogP) is 6.31. The number of aromatic nitrogens is 7. The van der Waals surface area contributed by atoms with Crippen LogP contribution in [-0.4, -0.2) is 35.2 Å². The molecule has 0 amide bonds. The molecule has 6 rings (SSSR count). The van der Waals surface area contributed by atoms with Gasteiger partial charge in [0.2, 0.25) is 5.82 Å². The van der Waals surface area contributed by atoms with Crippen LogP contribution in [0, 0.1) is 19.7 Å². The molecule has 0 saturated carbocycles. The minimum absolute atomic E-state index is 0.292. The second kappa shape index (κ2) is 9.63. The van der Waals surface area contributed by atoms with Gasteiger partial charge >= 0.3 is 0 Å². The Hall–Kier alpha value is -4.72. The first-order valence-electron chi connectivity index (χ1n) is 12.6. The number of benzene rings is 3. The molecule has 188 valence electrons. The maximum atomic E-state index is 15.7. The predicted molar refractivity (Wildman–Crippen MR) is 146 cm³/mol. The zero-order valence-electron chi connectivity index (χ0n) is 21.4. The molecule has 0 aliphatic carbocycles. The topological polar surface area (TPSA) is 85.2 Å². The average Bonchev–Trinajstić information content (AvgIpc) is 3.59. The van der Waals surface area contributed by atoms with Gasteiger partial charge in [0.05, 0.1) is 6.54 Å². The van der Waals surface area contributed by atoms with E-state index in [1.165, 1.54) is 0 Å². The number of H-pyrrole nitrogens is 1. The van der Waals surface area contributed by atoms with E-state index in [1.54, 1.807) is 6.07 Å².